The fourth-order valence-corrected chi connectivity index (χ4v) is 5.05. The Kier molecular flexibility index (Phi) is 4.82. The molecule has 0 unspecified atom stereocenters. The van der Waals surface area contributed by atoms with Gasteiger partial charge in [0.05, 0.1) is 0 Å². The lowest BCUT2D eigenvalue weighted by Gasteiger charge is -2.26. The monoisotopic (exact) mass is 328 g/mol. The van der Waals surface area contributed by atoms with Crippen molar-refractivity contribution < 1.29 is 0 Å². The van der Waals surface area contributed by atoms with Crippen LogP contribution in [-0.2, 0) is 6.42 Å². The van der Waals surface area contributed by atoms with Gasteiger partial charge in [-0.15, -0.1) is 6.58 Å². The second kappa shape index (κ2) is 7.02. The summed E-state index contributed by atoms with van der Waals surface area (Å²) in [5.74, 6) is 0. The van der Waals surface area contributed by atoms with Gasteiger partial charge >= 0.3 is 0 Å². The fraction of sp³-hybridized carbons (Fsp3) is 0.130. The van der Waals surface area contributed by atoms with Gasteiger partial charge in [0.15, 0.2) is 0 Å². The second-order valence-electron chi connectivity index (χ2n) is 6.83. The van der Waals surface area contributed by atoms with E-state index >= 15 is 0 Å². The van der Waals surface area contributed by atoms with Crippen LogP contribution in [-0.4, -0.2) is 8.07 Å². The molecule has 0 aliphatic rings. The first-order chi connectivity index (χ1) is 11.6. The first-order valence-corrected chi connectivity index (χ1v) is 11.5. The van der Waals surface area contributed by atoms with Crippen LogP contribution < -0.4 is 5.19 Å². The Hall–Kier alpha value is -2.38. The maximum Gasteiger partial charge on any atom is 0.107 e. The molecule has 0 aromatic heterocycles. The average molecular weight is 329 g/mol. The Balaban J connectivity index is 1.75. The molecule has 0 amide bonds. The number of allylic oxidation sites excluding steroid dienone is 1. The van der Waals surface area contributed by atoms with Crippen LogP contribution in [0.1, 0.15) is 5.56 Å². The van der Waals surface area contributed by atoms with Gasteiger partial charge in [-0.25, -0.2) is 0 Å². The van der Waals surface area contributed by atoms with E-state index in [9.17, 15) is 0 Å². The van der Waals surface area contributed by atoms with Crippen molar-refractivity contribution in [3.05, 3.63) is 102 Å². The number of rotatable bonds is 5. The Labute approximate surface area is 146 Å². The molecule has 0 radical (unpaired) electrons. The molecule has 0 atom stereocenters. The molecule has 0 saturated carbocycles. The van der Waals surface area contributed by atoms with E-state index in [2.05, 4.69) is 105 Å². The summed E-state index contributed by atoms with van der Waals surface area (Å²) in [6.07, 6.45) is 0.961. The molecule has 3 aromatic rings. The molecule has 0 fully saturated rings. The van der Waals surface area contributed by atoms with Crippen molar-refractivity contribution in [2.45, 2.75) is 19.5 Å². The van der Waals surface area contributed by atoms with Crippen molar-refractivity contribution >= 4 is 13.3 Å². The van der Waals surface area contributed by atoms with Crippen LogP contribution in [0.4, 0.5) is 0 Å². The van der Waals surface area contributed by atoms with E-state index in [0.717, 1.165) is 6.42 Å². The summed E-state index contributed by atoms with van der Waals surface area (Å²) in [6.45, 7) is 9.22. The van der Waals surface area contributed by atoms with Gasteiger partial charge < -0.3 is 0 Å². The molecule has 120 valence electrons. The summed E-state index contributed by atoms with van der Waals surface area (Å²) < 4.78 is 0. The highest BCUT2D eigenvalue weighted by atomic mass is 28.3. The third-order valence-corrected chi connectivity index (χ3v) is 8.58. The van der Waals surface area contributed by atoms with Gasteiger partial charge in [0, 0.05) is 0 Å². The van der Waals surface area contributed by atoms with Crippen molar-refractivity contribution in [2.75, 3.05) is 0 Å². The summed E-state index contributed by atoms with van der Waals surface area (Å²) >= 11 is 0. The summed E-state index contributed by atoms with van der Waals surface area (Å²) in [5.41, 5.74) is 3.88. The normalized spacial score (nSPS) is 11.2. The smallest absolute Gasteiger partial charge is 0.103 e. The molecule has 0 N–H and O–H groups in total. The van der Waals surface area contributed by atoms with E-state index < -0.39 is 8.07 Å². The van der Waals surface area contributed by atoms with E-state index in [4.69, 9.17) is 0 Å². The Morgan fingerprint density at radius 3 is 1.79 bits per heavy atom. The zero-order valence-corrected chi connectivity index (χ0v) is 15.5. The minimum absolute atomic E-state index is 0.961. The van der Waals surface area contributed by atoms with Crippen molar-refractivity contribution in [2.24, 2.45) is 0 Å². The van der Waals surface area contributed by atoms with Crippen molar-refractivity contribution in [1.29, 1.82) is 0 Å². The maximum atomic E-state index is 4.44. The first kappa shape index (κ1) is 16.5. The Bertz CT molecular complexity index is 800. The molecule has 0 nitrogen and oxygen atoms in total. The molecule has 3 rings (SSSR count). The van der Waals surface area contributed by atoms with Crippen molar-refractivity contribution in [1.82, 2.24) is 0 Å². The summed E-state index contributed by atoms with van der Waals surface area (Å²) in [5, 5.41) is 2.83. The van der Waals surface area contributed by atoms with Crippen LogP contribution in [0.2, 0.25) is 13.1 Å². The largest absolute Gasteiger partial charge is 0.107 e. The standard InChI is InChI=1S/C23H24Si/c1-19(24(2,3)23-12-8-5-9-13-23)18-20-14-16-22(17-15-20)21-10-6-4-7-11-21/h4-17H,1,18H2,2-3H3. The molecule has 0 aliphatic carbocycles. The molecule has 0 aliphatic heterocycles. The zero-order chi connectivity index (χ0) is 17.0. The predicted molar refractivity (Wildman–Crippen MR) is 108 cm³/mol. The highest BCUT2D eigenvalue weighted by Gasteiger charge is 2.26. The van der Waals surface area contributed by atoms with Gasteiger partial charge in [-0.05, 0) is 23.1 Å². The molecule has 1 heteroatoms. The minimum Gasteiger partial charge on any atom is -0.103 e. The molecule has 0 saturated heterocycles. The molecule has 0 heterocycles. The maximum absolute atomic E-state index is 4.44. The molecule has 24 heavy (non-hydrogen) atoms. The number of hydrogen-bond acceptors (Lipinski definition) is 0. The van der Waals surface area contributed by atoms with Crippen LogP contribution in [0.5, 0.6) is 0 Å². The topological polar surface area (TPSA) is 0 Å². The highest BCUT2D eigenvalue weighted by Crippen LogP contribution is 2.22. The molecular formula is C23H24Si. The number of benzene rings is 3. The molecular weight excluding hydrogens is 304 g/mol. The van der Waals surface area contributed by atoms with E-state index in [-0.39, 0.29) is 0 Å². The third kappa shape index (κ3) is 3.57. The van der Waals surface area contributed by atoms with Gasteiger partial charge in [-0.1, -0.05) is 108 Å². The van der Waals surface area contributed by atoms with Crippen LogP contribution in [0.25, 0.3) is 11.1 Å². The zero-order valence-electron chi connectivity index (χ0n) is 14.5. The average Bonchev–Trinajstić information content (AvgIpc) is 2.64. The van der Waals surface area contributed by atoms with E-state index in [1.165, 1.54) is 27.1 Å². The second-order valence-corrected chi connectivity index (χ2v) is 11.4. The first-order valence-electron chi connectivity index (χ1n) is 8.45. The molecule has 0 bridgehead atoms. The van der Waals surface area contributed by atoms with Crippen LogP contribution in [0.15, 0.2) is 96.7 Å². The quantitative estimate of drug-likeness (QED) is 0.534. The van der Waals surface area contributed by atoms with Gasteiger partial charge in [-0.2, -0.15) is 0 Å². The summed E-state index contributed by atoms with van der Waals surface area (Å²) in [4.78, 5) is 0. The number of hydrogen-bond donors (Lipinski definition) is 0. The van der Waals surface area contributed by atoms with E-state index in [0.29, 0.717) is 0 Å². The lowest BCUT2D eigenvalue weighted by Crippen LogP contribution is -2.44. The van der Waals surface area contributed by atoms with E-state index in [1.807, 2.05) is 0 Å². The van der Waals surface area contributed by atoms with Gasteiger partial charge in [0.25, 0.3) is 0 Å². The van der Waals surface area contributed by atoms with Crippen molar-refractivity contribution in [3.8, 4) is 11.1 Å². The lowest BCUT2D eigenvalue weighted by molar-refractivity contribution is 1.23. The third-order valence-electron chi connectivity index (χ3n) is 4.86. The highest BCUT2D eigenvalue weighted by molar-refractivity contribution is 6.95. The predicted octanol–water partition coefficient (Wildman–Crippen LogP) is 5.61. The minimum atomic E-state index is -1.64. The van der Waals surface area contributed by atoms with E-state index in [1.54, 1.807) is 0 Å². The Morgan fingerprint density at radius 1 is 0.708 bits per heavy atom. The van der Waals surface area contributed by atoms with Crippen LogP contribution in [0, 0.1) is 0 Å². The molecule has 0 spiro atoms. The Morgan fingerprint density at radius 2 is 1.21 bits per heavy atom. The fourth-order valence-electron chi connectivity index (χ4n) is 2.97. The van der Waals surface area contributed by atoms with Gasteiger partial charge in [-0.3, -0.25) is 0 Å². The van der Waals surface area contributed by atoms with Crippen LogP contribution >= 0.6 is 0 Å². The SMILES string of the molecule is C=C(Cc1ccc(-c2ccccc2)cc1)[Si](C)(C)c1ccccc1. The molecule has 3 aromatic carbocycles. The van der Waals surface area contributed by atoms with Gasteiger partial charge in [0.2, 0.25) is 0 Å². The van der Waals surface area contributed by atoms with Crippen LogP contribution in [0.3, 0.4) is 0 Å². The summed E-state index contributed by atoms with van der Waals surface area (Å²) in [7, 11) is -1.64. The summed E-state index contributed by atoms with van der Waals surface area (Å²) in [6, 6.07) is 30.3. The van der Waals surface area contributed by atoms with Gasteiger partial charge in [0.1, 0.15) is 8.07 Å². The lowest BCUT2D eigenvalue weighted by atomic mass is 10.0. The van der Waals surface area contributed by atoms with Crippen molar-refractivity contribution in [3.63, 3.8) is 0 Å².